The molecule has 0 unspecified atom stereocenters. The van der Waals surface area contributed by atoms with Crippen LogP contribution >= 0.6 is 0 Å². The summed E-state index contributed by atoms with van der Waals surface area (Å²) in [6.45, 7) is 1.02. The molecule has 11 heteroatoms. The predicted molar refractivity (Wildman–Crippen MR) is 99.4 cm³/mol. The second-order valence-corrected chi connectivity index (χ2v) is 8.37. The Morgan fingerprint density at radius 1 is 1.20 bits per heavy atom. The van der Waals surface area contributed by atoms with Crippen LogP contribution < -0.4 is 9.46 Å². The Labute approximate surface area is 171 Å². The van der Waals surface area contributed by atoms with Gasteiger partial charge in [-0.3, -0.25) is 4.79 Å². The van der Waals surface area contributed by atoms with Crippen LogP contribution in [0.1, 0.15) is 28.8 Å². The zero-order valence-corrected chi connectivity index (χ0v) is 16.5. The molecule has 2 heterocycles. The van der Waals surface area contributed by atoms with Gasteiger partial charge in [-0.25, -0.2) is 18.1 Å². The molecule has 0 bridgehead atoms. The highest BCUT2D eigenvalue weighted by Crippen LogP contribution is 2.36. The summed E-state index contributed by atoms with van der Waals surface area (Å²) in [5, 5.41) is 0. The van der Waals surface area contributed by atoms with Crippen molar-refractivity contribution in [3.05, 3.63) is 53.7 Å². The molecule has 1 aromatic carbocycles. The van der Waals surface area contributed by atoms with E-state index in [9.17, 15) is 26.4 Å². The summed E-state index contributed by atoms with van der Waals surface area (Å²) >= 11 is 0. The van der Waals surface area contributed by atoms with E-state index in [1.165, 1.54) is 24.3 Å². The van der Waals surface area contributed by atoms with Crippen molar-refractivity contribution in [2.75, 3.05) is 19.8 Å². The summed E-state index contributed by atoms with van der Waals surface area (Å²) in [4.78, 5) is 14.9. The number of halogens is 3. The first-order valence-corrected chi connectivity index (χ1v) is 10.5. The zero-order chi connectivity index (χ0) is 21.8. The molecule has 1 aliphatic rings. The molecular formula is C19H19F3N2O5S. The number of hydrogen-bond donors (Lipinski definition) is 1. The second-order valence-electron chi connectivity index (χ2n) is 6.69. The highest BCUT2D eigenvalue weighted by molar-refractivity contribution is 7.90. The van der Waals surface area contributed by atoms with E-state index in [1.807, 2.05) is 0 Å². The van der Waals surface area contributed by atoms with Crippen molar-refractivity contribution in [2.24, 2.45) is 5.92 Å². The molecule has 7 nitrogen and oxygen atoms in total. The number of nitrogens with one attached hydrogen (secondary N) is 1. The van der Waals surface area contributed by atoms with Gasteiger partial charge in [-0.15, -0.1) is 0 Å². The largest absolute Gasteiger partial charge is 0.477 e. The summed E-state index contributed by atoms with van der Waals surface area (Å²) in [7, 11) is -4.58. The lowest BCUT2D eigenvalue weighted by Gasteiger charge is -2.22. The van der Waals surface area contributed by atoms with Gasteiger partial charge in [0.15, 0.2) is 0 Å². The Morgan fingerprint density at radius 3 is 2.50 bits per heavy atom. The molecule has 0 spiro atoms. The van der Waals surface area contributed by atoms with E-state index in [-0.39, 0.29) is 18.1 Å². The van der Waals surface area contributed by atoms with Crippen LogP contribution in [-0.2, 0) is 20.9 Å². The minimum absolute atomic E-state index is 0.0102. The first-order chi connectivity index (χ1) is 14.2. The minimum atomic E-state index is -4.90. The molecule has 1 aromatic heterocycles. The van der Waals surface area contributed by atoms with E-state index >= 15 is 0 Å². The van der Waals surface area contributed by atoms with Crippen molar-refractivity contribution < 1.29 is 35.9 Å². The van der Waals surface area contributed by atoms with Gasteiger partial charge in [0, 0.05) is 18.8 Å². The van der Waals surface area contributed by atoms with Gasteiger partial charge in [0.05, 0.1) is 12.8 Å². The van der Waals surface area contributed by atoms with Crippen LogP contribution in [0.25, 0.3) is 0 Å². The Morgan fingerprint density at radius 2 is 1.87 bits per heavy atom. The van der Waals surface area contributed by atoms with Crippen molar-refractivity contribution >= 4 is 15.9 Å². The lowest BCUT2D eigenvalue weighted by Crippen LogP contribution is -2.31. The molecule has 0 radical (unpaired) electrons. The molecule has 1 N–H and O–H groups in total. The van der Waals surface area contributed by atoms with E-state index in [0.29, 0.717) is 32.1 Å². The first kappa shape index (κ1) is 22.0. The van der Waals surface area contributed by atoms with Crippen molar-refractivity contribution in [3.8, 4) is 5.88 Å². The third-order valence-corrected chi connectivity index (χ3v) is 5.80. The standard InChI is InChI=1S/C19H19F3N2O5S/c20-19(21,22)16-10-15(11-23-18(16)29-12-13-6-8-28-9-7-13)30(26,27)24-17(25)14-4-2-1-3-5-14/h1-5,10-11,13H,6-9,12H2,(H,24,25). The summed E-state index contributed by atoms with van der Waals surface area (Å²) in [5.41, 5.74) is -1.29. The van der Waals surface area contributed by atoms with Crippen molar-refractivity contribution in [1.82, 2.24) is 9.71 Å². The van der Waals surface area contributed by atoms with Gasteiger partial charge >= 0.3 is 6.18 Å². The van der Waals surface area contributed by atoms with E-state index in [2.05, 4.69) is 4.98 Å². The molecule has 1 saturated heterocycles. The van der Waals surface area contributed by atoms with Crippen LogP contribution in [0.15, 0.2) is 47.5 Å². The highest BCUT2D eigenvalue weighted by Gasteiger charge is 2.37. The van der Waals surface area contributed by atoms with Gasteiger partial charge in [0.25, 0.3) is 15.9 Å². The maximum absolute atomic E-state index is 13.5. The molecule has 0 aliphatic carbocycles. The van der Waals surface area contributed by atoms with E-state index in [1.54, 1.807) is 10.8 Å². The van der Waals surface area contributed by atoms with E-state index in [4.69, 9.17) is 9.47 Å². The lowest BCUT2D eigenvalue weighted by molar-refractivity contribution is -0.139. The number of carbonyl (C=O) groups is 1. The molecule has 1 fully saturated rings. The SMILES string of the molecule is O=C(NS(=O)(=O)c1cnc(OCC2CCOCC2)c(C(F)(F)F)c1)c1ccccc1. The molecule has 0 saturated carbocycles. The van der Waals surface area contributed by atoms with Gasteiger partial charge in [-0.1, -0.05) is 18.2 Å². The lowest BCUT2D eigenvalue weighted by atomic mass is 10.0. The summed E-state index contributed by atoms with van der Waals surface area (Å²) in [6, 6.07) is 7.83. The number of carbonyl (C=O) groups excluding carboxylic acids is 1. The zero-order valence-electron chi connectivity index (χ0n) is 15.7. The van der Waals surface area contributed by atoms with Crippen molar-refractivity contribution in [3.63, 3.8) is 0 Å². The maximum Gasteiger partial charge on any atom is 0.421 e. The molecule has 2 aromatic rings. The summed E-state index contributed by atoms with van der Waals surface area (Å²) in [5.74, 6) is -1.65. The van der Waals surface area contributed by atoms with Crippen molar-refractivity contribution in [1.29, 1.82) is 0 Å². The van der Waals surface area contributed by atoms with Gasteiger partial charge in [-0.2, -0.15) is 13.2 Å². The molecule has 162 valence electrons. The summed E-state index contributed by atoms with van der Waals surface area (Å²) in [6.07, 6.45) is -2.86. The van der Waals surface area contributed by atoms with Crippen LogP contribution in [-0.4, -0.2) is 39.1 Å². The molecular weight excluding hydrogens is 425 g/mol. The number of alkyl halides is 3. The average molecular weight is 444 g/mol. The Balaban J connectivity index is 1.81. The van der Waals surface area contributed by atoms with E-state index < -0.39 is 38.4 Å². The number of hydrogen-bond acceptors (Lipinski definition) is 6. The summed E-state index contributed by atoms with van der Waals surface area (Å²) < 4.78 is 77.5. The van der Waals surface area contributed by atoms with Crippen LogP contribution in [0.3, 0.4) is 0 Å². The Bertz CT molecular complexity index is 991. The van der Waals surface area contributed by atoms with E-state index in [0.717, 1.165) is 6.20 Å². The molecule has 3 rings (SSSR count). The Kier molecular flexibility index (Phi) is 6.61. The molecule has 30 heavy (non-hydrogen) atoms. The van der Waals surface area contributed by atoms with Crippen molar-refractivity contribution in [2.45, 2.75) is 23.9 Å². The fraction of sp³-hybridized carbons (Fsp3) is 0.368. The highest BCUT2D eigenvalue weighted by atomic mass is 32.2. The van der Waals surface area contributed by atoms with Gasteiger partial charge in [0.1, 0.15) is 10.5 Å². The van der Waals surface area contributed by atoms with Crippen LogP contribution in [0.4, 0.5) is 13.2 Å². The number of amides is 1. The quantitative estimate of drug-likeness (QED) is 0.736. The predicted octanol–water partition coefficient (Wildman–Crippen LogP) is 3.02. The number of rotatable bonds is 6. The first-order valence-electron chi connectivity index (χ1n) is 9.07. The number of sulfonamides is 1. The number of benzene rings is 1. The number of pyridine rings is 1. The maximum atomic E-state index is 13.5. The van der Waals surface area contributed by atoms with Crippen LogP contribution in [0.5, 0.6) is 5.88 Å². The number of aromatic nitrogens is 1. The van der Waals surface area contributed by atoms with Gasteiger partial charge < -0.3 is 9.47 Å². The molecule has 1 amide bonds. The third kappa shape index (κ3) is 5.48. The molecule has 1 aliphatic heterocycles. The molecule has 0 atom stereocenters. The normalized spacial score (nSPS) is 15.6. The van der Waals surface area contributed by atoms with Gasteiger partial charge in [-0.05, 0) is 37.0 Å². The monoisotopic (exact) mass is 444 g/mol. The topological polar surface area (TPSA) is 94.6 Å². The fourth-order valence-corrected chi connectivity index (χ4v) is 3.78. The third-order valence-electron chi connectivity index (χ3n) is 4.50. The minimum Gasteiger partial charge on any atom is -0.477 e. The average Bonchev–Trinajstić information content (AvgIpc) is 2.72. The second kappa shape index (κ2) is 9.00. The van der Waals surface area contributed by atoms with Gasteiger partial charge in [0.2, 0.25) is 5.88 Å². The fourth-order valence-electron chi connectivity index (χ4n) is 2.84. The number of ether oxygens (including phenoxy) is 2. The number of nitrogens with zero attached hydrogens (tertiary/aromatic N) is 1. The smallest absolute Gasteiger partial charge is 0.421 e. The van der Waals surface area contributed by atoms with Crippen LogP contribution in [0.2, 0.25) is 0 Å². The Hall–Kier alpha value is -2.66. The van der Waals surface area contributed by atoms with Crippen LogP contribution in [0, 0.1) is 5.92 Å².